The van der Waals surface area contributed by atoms with Crippen molar-refractivity contribution in [1.82, 2.24) is 10.8 Å². The third kappa shape index (κ3) is 5.07. The van der Waals surface area contributed by atoms with Gasteiger partial charge in [-0.2, -0.15) is 0 Å². The number of aryl methyl sites for hydroxylation is 2. The maximum Gasteiger partial charge on any atom is 0.319 e. The molecule has 1 aromatic carbocycles. The van der Waals surface area contributed by atoms with Crippen molar-refractivity contribution in [3.63, 3.8) is 0 Å². The summed E-state index contributed by atoms with van der Waals surface area (Å²) >= 11 is 0. The Kier molecular flexibility index (Phi) is 6.17. The number of carbonyl (C=O) groups excluding carboxylic acids is 2. The highest BCUT2D eigenvalue weighted by molar-refractivity contribution is 5.94. The fourth-order valence-corrected chi connectivity index (χ4v) is 2.10. The molecule has 0 heterocycles. The van der Waals surface area contributed by atoms with Crippen LogP contribution in [0.25, 0.3) is 0 Å². The Morgan fingerprint density at radius 1 is 1.19 bits per heavy atom. The van der Waals surface area contributed by atoms with Gasteiger partial charge in [-0.15, -0.1) is 0 Å². The SMILES string of the molecule is Cc1cccc(C)c1NC(=O)N[C@@H](CC(C)C)C(=O)NO. The Hall–Kier alpha value is -2.08. The molecule has 6 heteroatoms. The number of amides is 3. The van der Waals surface area contributed by atoms with E-state index in [0.29, 0.717) is 6.42 Å². The van der Waals surface area contributed by atoms with Gasteiger partial charge in [0.25, 0.3) is 5.91 Å². The summed E-state index contributed by atoms with van der Waals surface area (Å²) in [6.07, 6.45) is 0.437. The number of para-hydroxylation sites is 1. The van der Waals surface area contributed by atoms with Crippen molar-refractivity contribution in [1.29, 1.82) is 0 Å². The molecule has 0 bridgehead atoms. The van der Waals surface area contributed by atoms with Crippen LogP contribution in [0, 0.1) is 19.8 Å². The Balaban J connectivity index is 2.76. The molecular weight excluding hydrogens is 270 g/mol. The molecule has 0 aromatic heterocycles. The first kappa shape index (κ1) is 17.0. The zero-order valence-electron chi connectivity index (χ0n) is 12.9. The second-order valence-corrected chi connectivity index (χ2v) is 5.52. The highest BCUT2D eigenvalue weighted by Crippen LogP contribution is 2.19. The van der Waals surface area contributed by atoms with Crippen molar-refractivity contribution in [2.75, 3.05) is 5.32 Å². The average Bonchev–Trinajstić information content (AvgIpc) is 2.41. The predicted molar refractivity (Wildman–Crippen MR) is 81.2 cm³/mol. The number of nitrogens with one attached hydrogen (secondary N) is 3. The summed E-state index contributed by atoms with van der Waals surface area (Å²) in [5.74, 6) is -0.423. The van der Waals surface area contributed by atoms with E-state index in [0.717, 1.165) is 16.8 Å². The molecule has 3 amide bonds. The molecule has 0 spiro atoms. The number of hydrogen-bond acceptors (Lipinski definition) is 3. The molecule has 0 aliphatic rings. The second kappa shape index (κ2) is 7.64. The Morgan fingerprint density at radius 3 is 2.24 bits per heavy atom. The molecule has 1 atom stereocenters. The topological polar surface area (TPSA) is 90.5 Å². The minimum absolute atomic E-state index is 0.202. The van der Waals surface area contributed by atoms with Gasteiger partial charge in [-0.05, 0) is 37.3 Å². The monoisotopic (exact) mass is 293 g/mol. The van der Waals surface area contributed by atoms with E-state index in [1.807, 2.05) is 45.9 Å². The number of urea groups is 1. The van der Waals surface area contributed by atoms with E-state index in [1.54, 1.807) is 5.48 Å². The lowest BCUT2D eigenvalue weighted by molar-refractivity contribution is -0.131. The van der Waals surface area contributed by atoms with Crippen molar-refractivity contribution < 1.29 is 14.8 Å². The average molecular weight is 293 g/mol. The van der Waals surface area contributed by atoms with Gasteiger partial charge in [0.05, 0.1) is 0 Å². The van der Waals surface area contributed by atoms with Crippen LogP contribution in [-0.2, 0) is 4.79 Å². The molecule has 0 saturated heterocycles. The van der Waals surface area contributed by atoms with Gasteiger partial charge in [0.2, 0.25) is 0 Å². The Labute approximate surface area is 124 Å². The summed E-state index contributed by atoms with van der Waals surface area (Å²) in [4.78, 5) is 23.6. The Bertz CT molecular complexity index is 495. The van der Waals surface area contributed by atoms with Crippen molar-refractivity contribution >= 4 is 17.6 Å². The Morgan fingerprint density at radius 2 is 1.76 bits per heavy atom. The van der Waals surface area contributed by atoms with Crippen LogP contribution < -0.4 is 16.1 Å². The van der Waals surface area contributed by atoms with Crippen LogP contribution in [0.2, 0.25) is 0 Å². The van der Waals surface area contributed by atoms with Gasteiger partial charge in [-0.1, -0.05) is 32.0 Å². The number of rotatable bonds is 5. The van der Waals surface area contributed by atoms with Crippen molar-refractivity contribution in [2.45, 2.75) is 40.2 Å². The first-order chi connectivity index (χ1) is 9.85. The van der Waals surface area contributed by atoms with Crippen LogP contribution in [0.3, 0.4) is 0 Å². The van der Waals surface area contributed by atoms with Crippen LogP contribution in [0.4, 0.5) is 10.5 Å². The van der Waals surface area contributed by atoms with Gasteiger partial charge in [-0.25, -0.2) is 10.3 Å². The quantitative estimate of drug-likeness (QED) is 0.496. The number of anilines is 1. The highest BCUT2D eigenvalue weighted by Gasteiger charge is 2.21. The summed E-state index contributed by atoms with van der Waals surface area (Å²) in [7, 11) is 0. The second-order valence-electron chi connectivity index (χ2n) is 5.52. The first-order valence-electron chi connectivity index (χ1n) is 6.92. The van der Waals surface area contributed by atoms with Crippen molar-refractivity contribution in [3.8, 4) is 0 Å². The number of hydrogen-bond donors (Lipinski definition) is 4. The smallest absolute Gasteiger partial charge is 0.319 e. The molecule has 0 aliphatic heterocycles. The van der Waals surface area contributed by atoms with E-state index in [2.05, 4.69) is 10.6 Å². The normalized spacial score (nSPS) is 11.9. The van der Waals surface area contributed by atoms with Gasteiger partial charge in [0.1, 0.15) is 6.04 Å². The van der Waals surface area contributed by atoms with E-state index in [9.17, 15) is 9.59 Å². The largest absolute Gasteiger partial charge is 0.326 e. The molecule has 4 N–H and O–H groups in total. The standard InChI is InChI=1S/C15H23N3O3/c1-9(2)8-12(14(19)18-21)16-15(20)17-13-10(3)6-5-7-11(13)4/h5-7,9,12,21H,8H2,1-4H3,(H,18,19)(H2,16,17,20)/t12-/m0/s1. The zero-order valence-corrected chi connectivity index (χ0v) is 12.9. The van der Waals surface area contributed by atoms with Crippen LogP contribution in [0.1, 0.15) is 31.4 Å². The van der Waals surface area contributed by atoms with E-state index >= 15 is 0 Å². The van der Waals surface area contributed by atoms with E-state index < -0.39 is 18.0 Å². The minimum atomic E-state index is -0.778. The third-order valence-corrected chi connectivity index (χ3v) is 3.16. The summed E-state index contributed by atoms with van der Waals surface area (Å²) in [6, 6.07) is 4.46. The molecule has 0 unspecified atom stereocenters. The summed E-state index contributed by atoms with van der Waals surface area (Å²) in [5, 5.41) is 14.1. The van der Waals surface area contributed by atoms with Crippen LogP contribution in [0.5, 0.6) is 0 Å². The van der Waals surface area contributed by atoms with Crippen LogP contribution in [0.15, 0.2) is 18.2 Å². The first-order valence-corrected chi connectivity index (χ1v) is 6.92. The summed E-state index contributed by atoms with van der Waals surface area (Å²) < 4.78 is 0. The molecule has 0 aliphatic carbocycles. The third-order valence-electron chi connectivity index (χ3n) is 3.16. The van der Waals surface area contributed by atoms with Gasteiger partial charge in [-0.3, -0.25) is 10.0 Å². The van der Waals surface area contributed by atoms with Crippen LogP contribution >= 0.6 is 0 Å². The van der Waals surface area contributed by atoms with Crippen molar-refractivity contribution in [2.24, 2.45) is 5.92 Å². The fraction of sp³-hybridized carbons (Fsp3) is 0.467. The molecule has 6 nitrogen and oxygen atoms in total. The molecule has 1 rings (SSSR count). The molecule has 0 saturated carbocycles. The van der Waals surface area contributed by atoms with Crippen molar-refractivity contribution in [3.05, 3.63) is 29.3 Å². The number of benzene rings is 1. The lowest BCUT2D eigenvalue weighted by Gasteiger charge is -2.20. The van der Waals surface area contributed by atoms with Gasteiger partial charge < -0.3 is 10.6 Å². The van der Waals surface area contributed by atoms with E-state index in [-0.39, 0.29) is 5.92 Å². The lowest BCUT2D eigenvalue weighted by atomic mass is 10.0. The van der Waals surface area contributed by atoms with Crippen LogP contribution in [-0.4, -0.2) is 23.2 Å². The van der Waals surface area contributed by atoms with Gasteiger partial charge in [0, 0.05) is 5.69 Å². The number of hydroxylamine groups is 1. The van der Waals surface area contributed by atoms with E-state index in [1.165, 1.54) is 0 Å². The fourth-order valence-electron chi connectivity index (χ4n) is 2.10. The van der Waals surface area contributed by atoms with Gasteiger partial charge >= 0.3 is 6.03 Å². The lowest BCUT2D eigenvalue weighted by Crippen LogP contribution is -2.48. The molecule has 0 radical (unpaired) electrons. The minimum Gasteiger partial charge on any atom is -0.326 e. The maximum atomic E-state index is 12.0. The van der Waals surface area contributed by atoms with Gasteiger partial charge in [0.15, 0.2) is 0 Å². The summed E-state index contributed by atoms with van der Waals surface area (Å²) in [5.41, 5.74) is 4.19. The molecule has 21 heavy (non-hydrogen) atoms. The zero-order chi connectivity index (χ0) is 16.0. The summed E-state index contributed by atoms with van der Waals surface area (Å²) in [6.45, 7) is 7.66. The highest BCUT2D eigenvalue weighted by atomic mass is 16.5. The maximum absolute atomic E-state index is 12.0. The molecule has 116 valence electrons. The predicted octanol–water partition coefficient (Wildman–Crippen LogP) is 2.35. The molecule has 0 fully saturated rings. The number of carbonyl (C=O) groups is 2. The molecular formula is C15H23N3O3. The molecule has 1 aromatic rings. The van der Waals surface area contributed by atoms with E-state index in [4.69, 9.17) is 5.21 Å².